The number of hydrogen-bond donors (Lipinski definition) is 8. The Morgan fingerprint density at radius 2 is 1.65 bits per heavy atom. The van der Waals surface area contributed by atoms with Crippen molar-refractivity contribution in [3.63, 3.8) is 0 Å². The number of anilines is 2. The van der Waals surface area contributed by atoms with Gasteiger partial charge in [0.25, 0.3) is 11.8 Å². The molecule has 0 bridgehead atoms. The van der Waals surface area contributed by atoms with Crippen molar-refractivity contribution in [2.45, 2.75) is 44.9 Å². The second-order valence-electron chi connectivity index (χ2n) is 18.1. The fraction of sp³-hybridized carbons (Fsp3) is 0.367. The van der Waals surface area contributed by atoms with Crippen LogP contribution in [0.4, 0.5) is 11.5 Å². The molecule has 39 heteroatoms. The van der Waals surface area contributed by atoms with Crippen LogP contribution in [0.2, 0.25) is 0 Å². The van der Waals surface area contributed by atoms with Gasteiger partial charge in [-0.25, -0.2) is 28.3 Å². The minimum Gasteiger partial charge on any atom is -0.491 e. The Kier molecular flexibility index (Phi) is 23.5. The molecule has 0 aliphatic carbocycles. The molecule has 4 heterocycles. The molecule has 7 rings (SSSR count). The van der Waals surface area contributed by atoms with Gasteiger partial charge in [-0.3, -0.25) is 23.5 Å². The molecule has 3 aromatic heterocycles. The summed E-state index contributed by atoms with van der Waals surface area (Å²) in [6, 6.07) is 18.0. The van der Waals surface area contributed by atoms with E-state index in [4.69, 9.17) is 59.1 Å². The summed E-state index contributed by atoms with van der Waals surface area (Å²) in [6.07, 6.45) is -4.07. The Hall–Kier alpha value is -8.54. The van der Waals surface area contributed by atoms with Crippen LogP contribution in [0, 0.1) is 11.8 Å². The molecular formula is C49H55N14O22P3. The summed E-state index contributed by atoms with van der Waals surface area (Å²) < 4.78 is 87.2. The van der Waals surface area contributed by atoms with E-state index in [1.54, 1.807) is 24.3 Å². The molecule has 1 saturated heterocycles. The van der Waals surface area contributed by atoms with Gasteiger partial charge in [-0.05, 0) is 79.5 Å². The van der Waals surface area contributed by atoms with Gasteiger partial charge >= 0.3 is 34.8 Å². The molecule has 0 spiro atoms. The molecule has 468 valence electrons. The number of fused-ring (bicyclic) bond motifs is 2. The summed E-state index contributed by atoms with van der Waals surface area (Å²) in [5, 5.41) is 15.4. The summed E-state index contributed by atoms with van der Waals surface area (Å²) in [7, 11) is -17.1. The normalized spacial score (nSPS) is 16.4. The zero-order valence-corrected chi connectivity index (χ0v) is 48.9. The predicted molar refractivity (Wildman–Crippen MR) is 305 cm³/mol. The Morgan fingerprint density at radius 3 is 2.36 bits per heavy atom. The van der Waals surface area contributed by atoms with E-state index in [2.05, 4.69) is 75.9 Å². The Morgan fingerprint density at radius 1 is 0.898 bits per heavy atom. The highest BCUT2D eigenvalue weighted by Crippen LogP contribution is 2.66. The lowest BCUT2D eigenvalue weighted by Crippen LogP contribution is -2.34. The first-order valence-electron chi connectivity index (χ1n) is 25.9. The summed E-state index contributed by atoms with van der Waals surface area (Å²) in [5.41, 5.74) is 24.7. The van der Waals surface area contributed by atoms with Crippen LogP contribution in [0.25, 0.3) is 54.4 Å². The van der Waals surface area contributed by atoms with E-state index in [9.17, 15) is 47.5 Å². The largest absolute Gasteiger partial charge is 0.491 e. The number of carbonyl (C=O) groups is 3. The van der Waals surface area contributed by atoms with Crippen molar-refractivity contribution >= 4 is 74.8 Å². The fourth-order valence-corrected chi connectivity index (χ4v) is 11.2. The van der Waals surface area contributed by atoms with Gasteiger partial charge in [0.1, 0.15) is 60.5 Å². The van der Waals surface area contributed by atoms with Gasteiger partial charge in [-0.1, -0.05) is 28.1 Å². The minimum atomic E-state index is -5.85. The SMILES string of the molecule is CCN(CC)c1ccc2cc(-c3nc4cc(C(=O)NCCNC(=O)c5cccc(OCC(N=[N+]=[N-])OCCOCC(=O)NCC#Cc6cn(C7CC(OCN=[N+]=[N-])C(COP(=O)(O)OP(=O)(O)OP(=O)(O)O)O7)c(=O)nc6N)c5)ccc4o3)c(=O)oc2c1. The van der Waals surface area contributed by atoms with Crippen molar-refractivity contribution in [2.75, 3.05) is 83.1 Å². The maximum Gasteiger partial charge on any atom is 0.490 e. The molecule has 9 N–H and O–H groups in total. The molecule has 1 aliphatic rings. The minimum absolute atomic E-state index is 0.0273. The molecule has 3 amide bonds. The summed E-state index contributed by atoms with van der Waals surface area (Å²) in [6.45, 7) is 2.92. The lowest BCUT2D eigenvalue weighted by atomic mass is 10.1. The van der Waals surface area contributed by atoms with Crippen LogP contribution < -0.4 is 42.6 Å². The number of carbonyl (C=O) groups excluding carboxylic acids is 3. The molecule has 0 saturated carbocycles. The second-order valence-corrected chi connectivity index (χ2v) is 22.5. The third kappa shape index (κ3) is 19.5. The van der Waals surface area contributed by atoms with Gasteiger partial charge in [0.2, 0.25) is 11.8 Å². The number of nitrogen functional groups attached to an aromatic ring is 1. The molecular weight excluding hydrogens is 1230 g/mol. The van der Waals surface area contributed by atoms with Crippen LogP contribution in [0.3, 0.4) is 0 Å². The van der Waals surface area contributed by atoms with Crippen LogP contribution in [0.5, 0.6) is 5.75 Å². The van der Waals surface area contributed by atoms with Crippen molar-refractivity contribution < 1.29 is 93.3 Å². The molecule has 36 nitrogen and oxygen atoms in total. The maximum atomic E-state index is 13.1. The number of nitrogens with two attached hydrogens (primary N) is 1. The molecule has 0 radical (unpaired) electrons. The molecule has 6 atom stereocenters. The number of nitrogens with one attached hydrogen (secondary N) is 3. The molecule has 1 fully saturated rings. The van der Waals surface area contributed by atoms with Gasteiger partial charge < -0.3 is 78.7 Å². The van der Waals surface area contributed by atoms with Crippen LogP contribution in [-0.4, -0.2) is 143 Å². The zero-order valence-electron chi connectivity index (χ0n) is 46.3. The molecule has 1 aliphatic heterocycles. The van der Waals surface area contributed by atoms with Crippen LogP contribution in [0.1, 0.15) is 52.8 Å². The van der Waals surface area contributed by atoms with Gasteiger partial charge in [0.15, 0.2) is 11.8 Å². The van der Waals surface area contributed by atoms with Crippen molar-refractivity contribution in [1.82, 2.24) is 30.5 Å². The number of benzene rings is 3. The van der Waals surface area contributed by atoms with Gasteiger partial charge in [0, 0.05) is 76.9 Å². The number of amides is 3. The number of nitrogens with zero attached hydrogens (tertiary/aromatic N) is 10. The highest BCUT2D eigenvalue weighted by atomic mass is 31.3. The number of rotatable bonds is 31. The van der Waals surface area contributed by atoms with Crippen molar-refractivity contribution in [3.8, 4) is 29.0 Å². The monoisotopic (exact) mass is 1280 g/mol. The lowest BCUT2D eigenvalue weighted by Gasteiger charge is -2.21. The van der Waals surface area contributed by atoms with Crippen molar-refractivity contribution in [2.24, 2.45) is 10.2 Å². The number of hydrogen-bond acceptors (Lipinski definition) is 24. The summed E-state index contributed by atoms with van der Waals surface area (Å²) in [4.78, 5) is 117. The first-order valence-corrected chi connectivity index (χ1v) is 30.5. The highest BCUT2D eigenvalue weighted by Gasteiger charge is 2.44. The number of azide groups is 2. The average Bonchev–Trinajstić information content (AvgIpc) is 2.07. The smallest absolute Gasteiger partial charge is 0.490 e. The van der Waals surface area contributed by atoms with Gasteiger partial charge in [0.05, 0.1) is 38.0 Å². The van der Waals surface area contributed by atoms with Crippen LogP contribution in [-0.2, 0) is 50.6 Å². The number of oxazole rings is 1. The lowest BCUT2D eigenvalue weighted by molar-refractivity contribution is -0.126. The molecule has 88 heavy (non-hydrogen) atoms. The van der Waals surface area contributed by atoms with Crippen molar-refractivity contribution in [1.29, 1.82) is 0 Å². The Labute approximate surface area is 495 Å². The third-order valence-corrected chi connectivity index (χ3v) is 16.0. The number of aromatic nitrogens is 3. The molecule has 6 unspecified atom stereocenters. The summed E-state index contributed by atoms with van der Waals surface area (Å²) in [5.74, 6) is 3.66. The van der Waals surface area contributed by atoms with E-state index < -0.39 is 97.1 Å². The Balaban J connectivity index is 0.807. The molecule has 6 aromatic rings. The van der Waals surface area contributed by atoms with E-state index in [-0.39, 0.29) is 85.6 Å². The quantitative estimate of drug-likeness (QED) is 0.00573. The zero-order chi connectivity index (χ0) is 63.6. The van der Waals surface area contributed by atoms with E-state index in [0.29, 0.717) is 22.1 Å². The fourth-order valence-electron chi connectivity index (χ4n) is 8.19. The summed E-state index contributed by atoms with van der Waals surface area (Å²) >= 11 is 0. The number of phosphoric acid groups is 3. The van der Waals surface area contributed by atoms with Crippen molar-refractivity contribution in [3.05, 3.63) is 131 Å². The standard InChI is InChI=1S/C49H55N14O22P3/c1-3-62(4-2)33-12-10-29-20-35(48(67)83-38(29)22-33)47-57-36-21-31(11-13-37(36)82-47)46(66)55-16-15-54-45(65)30-7-5-9-34(19-30)78-27-42(59-61-52)77-18-17-76-26-41(64)53-14-6-8-32-24-63(49(68)58-44(32)50)43-23-39(79-28-56-60-51)40(81-43)25-80-87(72,73)85-88(74,75)84-86(69,70)71/h5,7,9-13,19-22,24,39-40,42-43H,3-4,14-18,23,25-28H2,1-2H3,(H,53,64)(H,54,65)(H,55,66)(H,72,73)(H,74,75)(H2,50,58,68)(H2,69,70,71). The second kappa shape index (κ2) is 30.9. The Bertz CT molecular complexity index is 3970. The maximum absolute atomic E-state index is 13.1. The van der Waals surface area contributed by atoms with Crippen LogP contribution >= 0.6 is 23.5 Å². The van der Waals surface area contributed by atoms with Crippen LogP contribution in [0.15, 0.2) is 102 Å². The van der Waals surface area contributed by atoms with E-state index in [0.717, 1.165) is 29.5 Å². The average molecular weight is 1280 g/mol. The molecule has 3 aromatic carbocycles. The van der Waals surface area contributed by atoms with E-state index in [1.807, 2.05) is 32.0 Å². The third-order valence-electron chi connectivity index (χ3n) is 12.2. The van der Waals surface area contributed by atoms with E-state index >= 15 is 0 Å². The first-order chi connectivity index (χ1) is 42.0. The highest BCUT2D eigenvalue weighted by molar-refractivity contribution is 7.66. The van der Waals surface area contributed by atoms with Gasteiger partial charge in [-0.15, -0.1) is 0 Å². The first kappa shape index (κ1) is 67.0. The topological polar surface area (TPSA) is 511 Å². The number of ether oxygens (including phenoxy) is 5. The van der Waals surface area contributed by atoms with E-state index in [1.165, 1.54) is 24.3 Å². The number of phosphoric ester groups is 1. The van der Waals surface area contributed by atoms with Gasteiger partial charge in [-0.2, -0.15) is 13.6 Å². The predicted octanol–water partition coefficient (Wildman–Crippen LogP) is 4.25.